The number of likely N-dealkylation sites (tertiary alicyclic amines) is 2. The van der Waals surface area contributed by atoms with Crippen molar-refractivity contribution in [3.8, 4) is 11.1 Å². The largest absolute Gasteiger partial charge is 0.338 e. The van der Waals surface area contributed by atoms with E-state index in [0.717, 1.165) is 38.8 Å². The molecule has 13 heteroatoms. The van der Waals surface area contributed by atoms with E-state index in [2.05, 4.69) is 15.1 Å². The third-order valence-electron chi connectivity index (χ3n) is 12.1. The number of halogens is 3. The van der Waals surface area contributed by atoms with Crippen molar-refractivity contribution in [1.82, 2.24) is 29.8 Å². The summed E-state index contributed by atoms with van der Waals surface area (Å²) in [6.45, 7) is 3.79. The number of piperazine rings is 1. The van der Waals surface area contributed by atoms with Crippen LogP contribution in [0.25, 0.3) is 21.9 Å². The van der Waals surface area contributed by atoms with E-state index < -0.39 is 34.8 Å². The summed E-state index contributed by atoms with van der Waals surface area (Å²) >= 11 is 0. The molecular formula is C44H43F3N6O4. The van der Waals surface area contributed by atoms with Gasteiger partial charge in [-0.25, -0.2) is 18.3 Å². The Balaban J connectivity index is 0.804. The number of aromatic amines is 1. The monoisotopic (exact) mass is 776 g/mol. The average Bonchev–Trinajstić information content (AvgIpc) is 3.23. The van der Waals surface area contributed by atoms with Crippen LogP contribution >= 0.6 is 0 Å². The van der Waals surface area contributed by atoms with Gasteiger partial charge in [-0.3, -0.25) is 24.1 Å². The van der Waals surface area contributed by atoms with Crippen molar-refractivity contribution >= 4 is 28.5 Å². The van der Waals surface area contributed by atoms with Crippen LogP contribution in [0.4, 0.5) is 13.2 Å². The highest BCUT2D eigenvalue weighted by atomic mass is 19.1. The van der Waals surface area contributed by atoms with Crippen LogP contribution in [0.2, 0.25) is 0 Å². The molecule has 1 aromatic heterocycles. The fourth-order valence-corrected chi connectivity index (χ4v) is 8.57. The summed E-state index contributed by atoms with van der Waals surface area (Å²) in [6.07, 6.45) is 3.47. The third-order valence-corrected chi connectivity index (χ3v) is 12.1. The van der Waals surface area contributed by atoms with Crippen LogP contribution < -0.4 is 5.56 Å². The fourth-order valence-electron chi connectivity index (χ4n) is 8.57. The van der Waals surface area contributed by atoms with E-state index in [0.29, 0.717) is 65.8 Å². The van der Waals surface area contributed by atoms with Crippen LogP contribution in [0, 0.1) is 22.9 Å². The van der Waals surface area contributed by atoms with Crippen molar-refractivity contribution in [2.24, 2.45) is 5.41 Å². The number of rotatable bonds is 7. The van der Waals surface area contributed by atoms with Gasteiger partial charge in [-0.1, -0.05) is 54.6 Å². The first-order valence-corrected chi connectivity index (χ1v) is 19.5. The van der Waals surface area contributed by atoms with Gasteiger partial charge in [0.1, 0.15) is 23.0 Å². The smallest absolute Gasteiger partial charge is 0.272 e. The minimum atomic E-state index is -0.864. The lowest BCUT2D eigenvalue weighted by Gasteiger charge is -2.47. The van der Waals surface area contributed by atoms with Gasteiger partial charge in [0.05, 0.1) is 23.2 Å². The Labute approximate surface area is 327 Å². The predicted molar refractivity (Wildman–Crippen MR) is 209 cm³/mol. The topological polar surface area (TPSA) is 110 Å². The van der Waals surface area contributed by atoms with Gasteiger partial charge < -0.3 is 14.7 Å². The van der Waals surface area contributed by atoms with Crippen molar-refractivity contribution in [2.75, 3.05) is 58.9 Å². The first-order valence-electron chi connectivity index (χ1n) is 19.5. The van der Waals surface area contributed by atoms with Gasteiger partial charge in [0.25, 0.3) is 17.4 Å². The predicted octanol–water partition coefficient (Wildman–Crippen LogP) is 5.90. The fraction of sp³-hybridized carbons (Fsp3) is 0.341. The van der Waals surface area contributed by atoms with Crippen LogP contribution in [-0.4, -0.2) is 106 Å². The Morgan fingerprint density at radius 2 is 1.23 bits per heavy atom. The maximum absolute atomic E-state index is 15.1. The molecule has 0 unspecified atom stereocenters. The van der Waals surface area contributed by atoms with Gasteiger partial charge in [0, 0.05) is 51.1 Å². The highest BCUT2D eigenvalue weighted by Gasteiger charge is 2.40. The van der Waals surface area contributed by atoms with Gasteiger partial charge in [-0.15, -0.1) is 0 Å². The normalized spacial score (nSPS) is 17.3. The zero-order valence-electron chi connectivity index (χ0n) is 31.5. The number of aromatic nitrogens is 2. The first kappa shape index (κ1) is 38.1. The number of amides is 3. The van der Waals surface area contributed by atoms with E-state index in [1.807, 2.05) is 18.2 Å². The molecule has 3 amide bonds. The zero-order chi connectivity index (χ0) is 39.7. The quantitative estimate of drug-likeness (QED) is 0.221. The van der Waals surface area contributed by atoms with Crippen molar-refractivity contribution in [1.29, 1.82) is 0 Å². The van der Waals surface area contributed by atoms with Crippen LogP contribution in [0.1, 0.15) is 57.7 Å². The Bertz CT molecular complexity index is 2360. The van der Waals surface area contributed by atoms with E-state index in [1.165, 1.54) is 24.3 Å². The molecule has 3 saturated heterocycles. The van der Waals surface area contributed by atoms with Crippen LogP contribution in [-0.2, 0) is 11.2 Å². The molecule has 0 aliphatic carbocycles. The minimum Gasteiger partial charge on any atom is -0.338 e. The summed E-state index contributed by atoms with van der Waals surface area (Å²) in [5.74, 6) is -3.44. The second-order valence-corrected chi connectivity index (χ2v) is 15.5. The molecule has 3 fully saturated rings. The number of nitrogens with zero attached hydrogens (tertiary/aromatic N) is 5. The molecule has 8 rings (SSSR count). The first-order chi connectivity index (χ1) is 27.6. The number of piperidine rings is 2. The molecule has 1 spiro atoms. The van der Waals surface area contributed by atoms with E-state index in [-0.39, 0.29) is 42.1 Å². The van der Waals surface area contributed by atoms with Crippen LogP contribution in [0.15, 0.2) is 89.7 Å². The van der Waals surface area contributed by atoms with Gasteiger partial charge in [0.15, 0.2) is 0 Å². The standard InChI is InChI=1S/C44H43F3N6O4/c45-35-11-10-29(25-38-32-8-4-5-9-33(32)41(55)49-48-38)24-34(35)42(56)53-22-20-51(21-23-53)39(54)28-50-16-12-44(13-17-50)14-18-52(19-15-44)43(57)40-36(46)26-31(27-37(40)47)30-6-2-1-3-7-30/h1-11,24,26-27H,12-23,25,28H2,(H,49,55). The van der Waals surface area contributed by atoms with Gasteiger partial charge in [0.2, 0.25) is 5.91 Å². The Morgan fingerprint density at radius 3 is 1.91 bits per heavy atom. The lowest BCUT2D eigenvalue weighted by atomic mass is 9.71. The van der Waals surface area contributed by atoms with E-state index in [9.17, 15) is 19.2 Å². The molecule has 3 aliphatic heterocycles. The van der Waals surface area contributed by atoms with E-state index >= 15 is 13.2 Å². The minimum absolute atomic E-state index is 0.00737. The molecule has 0 bridgehead atoms. The number of carbonyl (C=O) groups excluding carboxylic acids is 3. The number of fused-ring (bicyclic) bond motifs is 1. The number of nitrogens with one attached hydrogen (secondary N) is 1. The molecule has 0 atom stereocenters. The second kappa shape index (κ2) is 16.0. The molecule has 57 heavy (non-hydrogen) atoms. The Hall–Kier alpha value is -5.82. The second-order valence-electron chi connectivity index (χ2n) is 15.5. The van der Waals surface area contributed by atoms with Crippen molar-refractivity contribution in [3.63, 3.8) is 0 Å². The van der Waals surface area contributed by atoms with Gasteiger partial charge in [-0.2, -0.15) is 5.10 Å². The van der Waals surface area contributed by atoms with E-state index in [4.69, 9.17) is 0 Å². The molecule has 0 saturated carbocycles. The van der Waals surface area contributed by atoms with Crippen LogP contribution in [0.5, 0.6) is 0 Å². The molecule has 1 N–H and O–H groups in total. The number of carbonyl (C=O) groups is 3. The van der Waals surface area contributed by atoms with Crippen molar-refractivity contribution in [2.45, 2.75) is 32.1 Å². The summed E-state index contributed by atoms with van der Waals surface area (Å²) in [5, 5.41) is 7.92. The number of hydrogen-bond acceptors (Lipinski definition) is 6. The maximum Gasteiger partial charge on any atom is 0.272 e. The summed E-state index contributed by atoms with van der Waals surface area (Å²) in [7, 11) is 0. The van der Waals surface area contributed by atoms with Gasteiger partial charge >= 0.3 is 0 Å². The number of hydrogen-bond donors (Lipinski definition) is 1. The lowest BCUT2D eigenvalue weighted by molar-refractivity contribution is -0.134. The van der Waals surface area contributed by atoms with E-state index in [1.54, 1.807) is 57.2 Å². The summed E-state index contributed by atoms with van der Waals surface area (Å²) in [6, 6.07) is 22.9. The molecule has 4 heterocycles. The molecule has 4 aromatic carbocycles. The zero-order valence-corrected chi connectivity index (χ0v) is 31.5. The van der Waals surface area contributed by atoms with Crippen LogP contribution in [0.3, 0.4) is 0 Å². The summed E-state index contributed by atoms with van der Waals surface area (Å²) in [4.78, 5) is 59.4. The van der Waals surface area contributed by atoms with Gasteiger partial charge in [-0.05, 0) is 91.2 Å². The third kappa shape index (κ3) is 7.93. The molecule has 10 nitrogen and oxygen atoms in total. The summed E-state index contributed by atoms with van der Waals surface area (Å²) in [5.41, 5.74) is 1.49. The molecule has 294 valence electrons. The lowest BCUT2D eigenvalue weighted by Crippen LogP contribution is -2.54. The number of H-pyrrole nitrogens is 1. The number of benzene rings is 4. The highest BCUT2D eigenvalue weighted by Crippen LogP contribution is 2.42. The maximum atomic E-state index is 15.1. The average molecular weight is 777 g/mol. The molecular weight excluding hydrogens is 734 g/mol. The van der Waals surface area contributed by atoms with Crippen molar-refractivity contribution < 1.29 is 27.6 Å². The Kier molecular flexibility index (Phi) is 10.7. The summed E-state index contributed by atoms with van der Waals surface area (Å²) < 4.78 is 45.3. The molecule has 3 aliphatic rings. The SMILES string of the molecule is O=C(CN1CCC2(CC1)CCN(C(=O)c1c(F)cc(-c3ccccc3)cc1F)CC2)N1CCN(C(=O)c2cc(Cc3n[nH]c(=O)c4ccccc34)ccc2F)CC1. The molecule has 0 radical (unpaired) electrons. The molecule has 5 aromatic rings. The highest BCUT2D eigenvalue weighted by molar-refractivity contribution is 5.96. The Morgan fingerprint density at radius 1 is 0.632 bits per heavy atom. The van der Waals surface area contributed by atoms with Crippen molar-refractivity contribution in [3.05, 3.63) is 135 Å².